The van der Waals surface area contributed by atoms with Crippen LogP contribution in [0.2, 0.25) is 0 Å². The van der Waals surface area contributed by atoms with Crippen LogP contribution in [0.5, 0.6) is 0 Å². The highest BCUT2D eigenvalue weighted by Gasteiger charge is 2.25. The second kappa shape index (κ2) is 5.17. The Hall–Kier alpha value is -2.00. The third kappa shape index (κ3) is 2.78. The number of sulfonamides is 1. The van der Waals surface area contributed by atoms with Gasteiger partial charge in [-0.15, -0.1) is 0 Å². The highest BCUT2D eigenvalue weighted by molar-refractivity contribution is 7.89. The van der Waals surface area contributed by atoms with E-state index in [2.05, 4.69) is 14.9 Å². The quantitative estimate of drug-likeness (QED) is 0.741. The summed E-state index contributed by atoms with van der Waals surface area (Å²) in [5, 5.41) is 6.20. The third-order valence-electron chi connectivity index (χ3n) is 2.66. The number of anilines is 1. The molecule has 6 nitrogen and oxygen atoms in total. The Kier molecular flexibility index (Phi) is 3.73. The van der Waals surface area contributed by atoms with Gasteiger partial charge in [0.25, 0.3) is 0 Å². The zero-order chi connectivity index (χ0) is 14.9. The first-order valence-corrected chi connectivity index (χ1v) is 7.05. The molecule has 0 saturated carbocycles. The number of nitrogens with two attached hydrogens (primary N) is 1. The minimum Gasteiger partial charge on any atom is -0.399 e. The Morgan fingerprint density at radius 1 is 1.40 bits per heavy atom. The Morgan fingerprint density at radius 3 is 2.70 bits per heavy atom. The van der Waals surface area contributed by atoms with E-state index in [-0.39, 0.29) is 5.69 Å². The lowest BCUT2D eigenvalue weighted by Crippen LogP contribution is -2.27. The molecule has 2 aromatic rings. The highest BCUT2D eigenvalue weighted by Crippen LogP contribution is 2.23. The lowest BCUT2D eigenvalue weighted by atomic mass is 10.2. The van der Waals surface area contributed by atoms with Crippen LogP contribution in [0.15, 0.2) is 29.4 Å². The fourth-order valence-corrected chi connectivity index (χ4v) is 2.99. The van der Waals surface area contributed by atoms with Gasteiger partial charge in [0.2, 0.25) is 10.0 Å². The molecule has 20 heavy (non-hydrogen) atoms. The van der Waals surface area contributed by atoms with Crippen LogP contribution in [0.4, 0.5) is 14.5 Å². The summed E-state index contributed by atoms with van der Waals surface area (Å²) in [5.41, 5.74) is 5.71. The van der Waals surface area contributed by atoms with Crippen LogP contribution in [-0.2, 0) is 10.0 Å². The second-order valence-corrected chi connectivity index (χ2v) is 5.87. The smallest absolute Gasteiger partial charge is 0.244 e. The predicted octanol–water partition coefficient (Wildman–Crippen LogP) is 1.31. The number of aromatic amines is 1. The van der Waals surface area contributed by atoms with Crippen molar-refractivity contribution in [3.8, 4) is 0 Å². The van der Waals surface area contributed by atoms with Crippen LogP contribution in [0.25, 0.3) is 0 Å². The van der Waals surface area contributed by atoms with Crippen LogP contribution in [0.3, 0.4) is 0 Å². The molecule has 9 heteroatoms. The van der Waals surface area contributed by atoms with Gasteiger partial charge in [-0.05, 0) is 19.1 Å². The molecule has 2 rings (SSSR count). The maximum atomic E-state index is 13.6. The van der Waals surface area contributed by atoms with Crippen LogP contribution in [0.1, 0.15) is 18.5 Å². The van der Waals surface area contributed by atoms with Gasteiger partial charge in [-0.25, -0.2) is 21.9 Å². The summed E-state index contributed by atoms with van der Waals surface area (Å²) >= 11 is 0. The number of nitrogen functional groups attached to an aromatic ring is 1. The fraction of sp³-hybridized carbons (Fsp3) is 0.182. The molecule has 0 spiro atoms. The Labute approximate surface area is 114 Å². The first-order chi connectivity index (χ1) is 9.31. The summed E-state index contributed by atoms with van der Waals surface area (Å²) in [6.07, 6.45) is 2.91. The first kappa shape index (κ1) is 14.4. The standard InChI is InChI=1S/C11H12F2N4O2S/c1-6(7-4-15-16-5-7)17-20(18,19)10-3-8(14)2-9(12)11(10)13/h2-6,17H,14H2,1H3,(H,15,16). The van der Waals surface area contributed by atoms with E-state index in [1.807, 2.05) is 0 Å². The molecule has 1 heterocycles. The zero-order valence-corrected chi connectivity index (χ0v) is 11.2. The molecule has 0 aliphatic rings. The summed E-state index contributed by atoms with van der Waals surface area (Å²) in [6, 6.07) is 0.916. The Bertz CT molecular complexity index is 716. The molecule has 0 fully saturated rings. The minimum atomic E-state index is -4.25. The van der Waals surface area contributed by atoms with Crippen LogP contribution in [0, 0.1) is 11.6 Å². The van der Waals surface area contributed by atoms with Crippen molar-refractivity contribution in [3.05, 3.63) is 41.7 Å². The lowest BCUT2D eigenvalue weighted by molar-refractivity contribution is 0.482. The molecule has 0 saturated heterocycles. The van der Waals surface area contributed by atoms with Crippen molar-refractivity contribution in [1.29, 1.82) is 0 Å². The number of nitrogens with one attached hydrogen (secondary N) is 2. The van der Waals surface area contributed by atoms with Crippen LogP contribution < -0.4 is 10.5 Å². The average molecular weight is 302 g/mol. The molecule has 1 aromatic carbocycles. The van der Waals surface area contributed by atoms with E-state index in [0.717, 1.165) is 6.07 Å². The number of hydrogen-bond acceptors (Lipinski definition) is 4. The monoisotopic (exact) mass is 302 g/mol. The minimum absolute atomic E-state index is 0.180. The molecule has 1 aromatic heterocycles. The summed E-state index contributed by atoms with van der Waals surface area (Å²) in [6.45, 7) is 1.54. The van der Waals surface area contributed by atoms with Gasteiger partial charge in [0.05, 0.1) is 6.20 Å². The van der Waals surface area contributed by atoms with Gasteiger partial charge in [0, 0.05) is 23.5 Å². The molecule has 4 N–H and O–H groups in total. The van der Waals surface area contributed by atoms with E-state index >= 15 is 0 Å². The summed E-state index contributed by atoms with van der Waals surface area (Å²) in [5.74, 6) is -2.78. The molecule has 0 aliphatic heterocycles. The molecule has 1 atom stereocenters. The molecule has 108 valence electrons. The maximum Gasteiger partial charge on any atom is 0.244 e. The SMILES string of the molecule is CC(NS(=O)(=O)c1cc(N)cc(F)c1F)c1cn[nH]c1. The lowest BCUT2D eigenvalue weighted by Gasteiger charge is -2.13. The van der Waals surface area contributed by atoms with E-state index in [4.69, 9.17) is 5.73 Å². The van der Waals surface area contributed by atoms with Crippen molar-refractivity contribution in [2.75, 3.05) is 5.73 Å². The molecule has 1 unspecified atom stereocenters. The van der Waals surface area contributed by atoms with E-state index in [1.54, 1.807) is 6.92 Å². The normalized spacial score (nSPS) is 13.3. The topological polar surface area (TPSA) is 101 Å². The summed E-state index contributed by atoms with van der Waals surface area (Å²) in [7, 11) is -4.25. The van der Waals surface area contributed by atoms with Gasteiger partial charge < -0.3 is 5.73 Å². The maximum absolute atomic E-state index is 13.6. The molecule has 0 amide bonds. The van der Waals surface area contributed by atoms with Gasteiger partial charge in [-0.2, -0.15) is 5.10 Å². The fourth-order valence-electron chi connectivity index (χ4n) is 1.64. The van der Waals surface area contributed by atoms with Crippen molar-refractivity contribution < 1.29 is 17.2 Å². The zero-order valence-electron chi connectivity index (χ0n) is 10.4. The third-order valence-corrected chi connectivity index (χ3v) is 4.20. The molecular weight excluding hydrogens is 290 g/mol. The Balaban J connectivity index is 2.36. The number of nitrogens with zero attached hydrogens (tertiary/aromatic N) is 1. The van der Waals surface area contributed by atoms with Crippen molar-refractivity contribution in [2.24, 2.45) is 0 Å². The van der Waals surface area contributed by atoms with E-state index in [0.29, 0.717) is 11.6 Å². The van der Waals surface area contributed by atoms with E-state index < -0.39 is 32.6 Å². The first-order valence-electron chi connectivity index (χ1n) is 5.57. The highest BCUT2D eigenvalue weighted by atomic mass is 32.2. The number of H-pyrrole nitrogens is 1. The molecular formula is C11H12F2N4O2S. The summed E-state index contributed by atoms with van der Waals surface area (Å²) in [4.78, 5) is -0.828. The van der Waals surface area contributed by atoms with Gasteiger partial charge in [0.1, 0.15) is 4.90 Å². The van der Waals surface area contributed by atoms with Crippen LogP contribution in [-0.4, -0.2) is 18.6 Å². The number of halogens is 2. The average Bonchev–Trinajstić information content (AvgIpc) is 2.86. The number of benzene rings is 1. The van der Waals surface area contributed by atoms with Crippen molar-refractivity contribution in [3.63, 3.8) is 0 Å². The van der Waals surface area contributed by atoms with Gasteiger partial charge >= 0.3 is 0 Å². The van der Waals surface area contributed by atoms with E-state index in [1.165, 1.54) is 12.4 Å². The van der Waals surface area contributed by atoms with Crippen LogP contribution >= 0.6 is 0 Å². The number of hydrogen-bond donors (Lipinski definition) is 3. The van der Waals surface area contributed by atoms with E-state index in [9.17, 15) is 17.2 Å². The van der Waals surface area contributed by atoms with Gasteiger partial charge in [-0.3, -0.25) is 5.10 Å². The van der Waals surface area contributed by atoms with Crippen molar-refractivity contribution in [1.82, 2.24) is 14.9 Å². The largest absolute Gasteiger partial charge is 0.399 e. The van der Waals surface area contributed by atoms with Gasteiger partial charge in [-0.1, -0.05) is 0 Å². The molecule has 0 bridgehead atoms. The molecule has 0 radical (unpaired) electrons. The number of aromatic nitrogens is 2. The Morgan fingerprint density at radius 2 is 2.10 bits per heavy atom. The van der Waals surface area contributed by atoms with Crippen molar-refractivity contribution in [2.45, 2.75) is 17.9 Å². The van der Waals surface area contributed by atoms with Gasteiger partial charge in [0.15, 0.2) is 11.6 Å². The molecule has 0 aliphatic carbocycles. The number of rotatable bonds is 4. The second-order valence-electron chi connectivity index (χ2n) is 4.19. The van der Waals surface area contributed by atoms with Crippen molar-refractivity contribution >= 4 is 15.7 Å². The predicted molar refractivity (Wildman–Crippen MR) is 68.1 cm³/mol. The summed E-state index contributed by atoms with van der Waals surface area (Å²) < 4.78 is 53.2.